The van der Waals surface area contributed by atoms with Gasteiger partial charge in [-0.15, -0.1) is 0 Å². The molecule has 0 atom stereocenters. The van der Waals surface area contributed by atoms with Crippen molar-refractivity contribution in [3.63, 3.8) is 0 Å². The predicted molar refractivity (Wildman–Crippen MR) is 123 cm³/mol. The average Bonchev–Trinajstić information content (AvgIpc) is 2.82. The van der Waals surface area contributed by atoms with Gasteiger partial charge in [-0.2, -0.15) is 0 Å². The molecule has 2 aromatic carbocycles. The van der Waals surface area contributed by atoms with Crippen molar-refractivity contribution < 1.29 is 9.53 Å². The van der Waals surface area contributed by atoms with Crippen LogP contribution in [0.3, 0.4) is 0 Å². The minimum atomic E-state index is 0.0469. The Bertz CT molecular complexity index is 1000. The molecule has 31 heavy (non-hydrogen) atoms. The molecule has 5 heteroatoms. The number of carbonyl (C=O) groups is 1. The zero-order valence-corrected chi connectivity index (χ0v) is 18.0. The zero-order chi connectivity index (χ0) is 21.5. The van der Waals surface area contributed by atoms with Gasteiger partial charge in [-0.25, -0.2) is 4.98 Å². The molecule has 1 aromatic heterocycles. The van der Waals surface area contributed by atoms with Crippen LogP contribution in [0.2, 0.25) is 0 Å². The topological polar surface area (TPSA) is 54.5 Å². The number of carbonyl (C=O) groups excluding carboxylic acids is 1. The summed E-state index contributed by atoms with van der Waals surface area (Å²) in [7, 11) is 0. The summed E-state index contributed by atoms with van der Waals surface area (Å²) < 4.78 is 5.45. The van der Waals surface area contributed by atoms with Crippen molar-refractivity contribution in [2.45, 2.75) is 39.3 Å². The van der Waals surface area contributed by atoms with E-state index in [0.717, 1.165) is 42.2 Å². The second-order valence-electron chi connectivity index (χ2n) is 7.82. The molecule has 1 amide bonds. The van der Waals surface area contributed by atoms with Crippen LogP contribution in [0.4, 0.5) is 5.82 Å². The Morgan fingerprint density at radius 2 is 1.81 bits per heavy atom. The van der Waals surface area contributed by atoms with E-state index in [1.807, 2.05) is 37.4 Å². The van der Waals surface area contributed by atoms with E-state index >= 15 is 0 Å². The highest BCUT2D eigenvalue weighted by Gasteiger charge is 2.16. The van der Waals surface area contributed by atoms with Crippen LogP contribution >= 0.6 is 0 Å². The smallest absolute Gasteiger partial charge is 0.220 e. The molecule has 1 N–H and O–H groups in total. The third kappa shape index (κ3) is 5.63. The van der Waals surface area contributed by atoms with Crippen molar-refractivity contribution in [2.24, 2.45) is 0 Å². The van der Waals surface area contributed by atoms with Crippen LogP contribution in [0.15, 0.2) is 66.9 Å². The largest absolute Gasteiger partial charge is 0.494 e. The number of hydrogen-bond donors (Lipinski definition) is 1. The van der Waals surface area contributed by atoms with Gasteiger partial charge in [0.1, 0.15) is 11.6 Å². The highest BCUT2D eigenvalue weighted by atomic mass is 16.5. The van der Waals surface area contributed by atoms with Crippen LogP contribution in [0.5, 0.6) is 5.75 Å². The molecule has 1 aliphatic rings. The van der Waals surface area contributed by atoms with Crippen LogP contribution in [0, 0.1) is 0 Å². The van der Waals surface area contributed by atoms with E-state index in [1.54, 1.807) is 0 Å². The van der Waals surface area contributed by atoms with Gasteiger partial charge in [0.25, 0.3) is 0 Å². The lowest BCUT2D eigenvalue weighted by molar-refractivity contribution is -0.121. The van der Waals surface area contributed by atoms with E-state index < -0.39 is 0 Å². The van der Waals surface area contributed by atoms with Gasteiger partial charge in [-0.05, 0) is 60.2 Å². The van der Waals surface area contributed by atoms with Crippen molar-refractivity contribution in [3.05, 3.63) is 89.1 Å². The summed E-state index contributed by atoms with van der Waals surface area (Å²) in [6.45, 7) is 4.99. The molecule has 0 spiro atoms. The first-order valence-corrected chi connectivity index (χ1v) is 11.0. The second-order valence-corrected chi connectivity index (χ2v) is 7.82. The van der Waals surface area contributed by atoms with Gasteiger partial charge < -0.3 is 15.0 Å². The molecule has 0 bridgehead atoms. The Labute approximate surface area is 184 Å². The maximum absolute atomic E-state index is 12.2. The minimum absolute atomic E-state index is 0.0469. The molecule has 0 radical (unpaired) electrons. The average molecular weight is 416 g/mol. The number of aryl methyl sites for hydroxylation is 1. The molecule has 5 nitrogen and oxygen atoms in total. The number of nitrogens with one attached hydrogen (secondary N) is 1. The summed E-state index contributed by atoms with van der Waals surface area (Å²) in [4.78, 5) is 19.2. The van der Waals surface area contributed by atoms with Crippen molar-refractivity contribution in [3.8, 4) is 5.75 Å². The van der Waals surface area contributed by atoms with Crippen LogP contribution in [-0.4, -0.2) is 24.0 Å². The van der Waals surface area contributed by atoms with Gasteiger partial charge in [0.15, 0.2) is 0 Å². The minimum Gasteiger partial charge on any atom is -0.494 e. The number of pyridine rings is 1. The highest BCUT2D eigenvalue weighted by Crippen LogP contribution is 2.23. The second kappa shape index (κ2) is 10.1. The van der Waals surface area contributed by atoms with Crippen molar-refractivity contribution in [2.75, 3.05) is 18.1 Å². The van der Waals surface area contributed by atoms with Crippen molar-refractivity contribution >= 4 is 11.7 Å². The first-order valence-electron chi connectivity index (χ1n) is 11.0. The van der Waals surface area contributed by atoms with E-state index in [9.17, 15) is 4.79 Å². The summed E-state index contributed by atoms with van der Waals surface area (Å²) in [5.74, 6) is 1.89. The van der Waals surface area contributed by atoms with Gasteiger partial charge in [-0.3, -0.25) is 4.79 Å². The monoisotopic (exact) mass is 415 g/mol. The van der Waals surface area contributed by atoms with Crippen molar-refractivity contribution in [1.29, 1.82) is 0 Å². The number of ether oxygens (including phenoxy) is 1. The lowest BCUT2D eigenvalue weighted by Crippen LogP contribution is -2.31. The Hall–Kier alpha value is -3.34. The Morgan fingerprint density at radius 3 is 2.55 bits per heavy atom. The molecule has 0 unspecified atom stereocenters. The molecule has 4 rings (SSSR count). The number of amides is 1. The Kier molecular flexibility index (Phi) is 6.82. The number of aromatic nitrogens is 1. The Morgan fingerprint density at radius 1 is 1.03 bits per heavy atom. The van der Waals surface area contributed by atoms with E-state index in [1.165, 1.54) is 11.1 Å². The number of benzene rings is 2. The first kappa shape index (κ1) is 20.9. The van der Waals surface area contributed by atoms with Gasteiger partial charge in [0.2, 0.25) is 5.91 Å². The molecule has 0 saturated carbocycles. The zero-order valence-electron chi connectivity index (χ0n) is 18.0. The number of fused-ring (bicyclic) bond motifs is 1. The maximum atomic E-state index is 12.2. The molecule has 0 saturated heterocycles. The van der Waals surface area contributed by atoms with E-state index in [-0.39, 0.29) is 5.91 Å². The fourth-order valence-electron chi connectivity index (χ4n) is 3.87. The third-order valence-electron chi connectivity index (χ3n) is 5.63. The molecular weight excluding hydrogens is 386 g/mol. The summed E-state index contributed by atoms with van der Waals surface area (Å²) in [6.07, 6.45) is 4.09. The van der Waals surface area contributed by atoms with Crippen LogP contribution < -0.4 is 15.0 Å². The van der Waals surface area contributed by atoms with Crippen molar-refractivity contribution in [1.82, 2.24) is 10.3 Å². The van der Waals surface area contributed by atoms with Gasteiger partial charge in [0, 0.05) is 32.3 Å². The highest BCUT2D eigenvalue weighted by molar-refractivity contribution is 5.76. The van der Waals surface area contributed by atoms with Crippen LogP contribution in [-0.2, 0) is 30.7 Å². The van der Waals surface area contributed by atoms with Crippen LogP contribution in [0.25, 0.3) is 0 Å². The third-order valence-corrected chi connectivity index (χ3v) is 5.63. The fourth-order valence-corrected chi connectivity index (χ4v) is 3.87. The van der Waals surface area contributed by atoms with E-state index in [0.29, 0.717) is 26.0 Å². The van der Waals surface area contributed by atoms with Crippen LogP contribution in [0.1, 0.15) is 35.6 Å². The molecule has 3 aromatic rings. The molecule has 2 heterocycles. The van der Waals surface area contributed by atoms with Gasteiger partial charge in [-0.1, -0.05) is 42.5 Å². The SMILES string of the molecule is CCOc1ccc(CCC(=O)NCc2ccc(N3CCc4ccccc4C3)nc2)cc1. The Balaban J connectivity index is 1.23. The predicted octanol–water partition coefficient (Wildman–Crippen LogP) is 4.29. The van der Waals surface area contributed by atoms with Gasteiger partial charge in [0.05, 0.1) is 6.61 Å². The molecular formula is C26H29N3O2. The maximum Gasteiger partial charge on any atom is 0.220 e. The summed E-state index contributed by atoms with van der Waals surface area (Å²) in [5.41, 5.74) is 4.95. The number of rotatable bonds is 8. The van der Waals surface area contributed by atoms with Gasteiger partial charge >= 0.3 is 0 Å². The molecule has 160 valence electrons. The fraction of sp³-hybridized carbons (Fsp3) is 0.308. The number of hydrogen-bond acceptors (Lipinski definition) is 4. The lowest BCUT2D eigenvalue weighted by Gasteiger charge is -2.29. The summed E-state index contributed by atoms with van der Waals surface area (Å²) >= 11 is 0. The van der Waals surface area contributed by atoms with E-state index in [2.05, 4.69) is 51.6 Å². The number of nitrogens with zero attached hydrogens (tertiary/aromatic N) is 2. The number of anilines is 1. The van der Waals surface area contributed by atoms with E-state index in [4.69, 9.17) is 4.74 Å². The molecule has 0 aliphatic carbocycles. The lowest BCUT2D eigenvalue weighted by atomic mass is 10.00. The molecule has 0 fully saturated rings. The summed E-state index contributed by atoms with van der Waals surface area (Å²) in [6, 6.07) is 20.6. The first-order chi connectivity index (χ1) is 15.2. The quantitative estimate of drug-likeness (QED) is 0.596. The summed E-state index contributed by atoms with van der Waals surface area (Å²) in [5, 5.41) is 3.00. The molecule has 1 aliphatic heterocycles. The standard InChI is InChI=1S/C26H29N3O2/c1-2-31-24-11-7-20(8-12-24)10-14-26(30)28-18-21-9-13-25(27-17-21)29-16-15-22-5-3-4-6-23(22)19-29/h3-9,11-13,17H,2,10,14-16,18-19H2,1H3,(H,28,30). The normalized spacial score (nSPS) is 12.9.